The maximum atomic E-state index is 12.3. The van der Waals surface area contributed by atoms with Crippen molar-refractivity contribution >= 4 is 17.8 Å². The molecule has 0 atom stereocenters. The molecule has 8 heteroatoms. The average Bonchev–Trinajstić information content (AvgIpc) is 2.55. The van der Waals surface area contributed by atoms with E-state index in [0.29, 0.717) is 19.1 Å². The maximum Gasteiger partial charge on any atom is 0.414 e. The van der Waals surface area contributed by atoms with Crippen molar-refractivity contribution in [3.63, 3.8) is 0 Å². The highest BCUT2D eigenvalue weighted by molar-refractivity contribution is 6.27. The van der Waals surface area contributed by atoms with Gasteiger partial charge >= 0.3 is 11.9 Å². The van der Waals surface area contributed by atoms with Crippen molar-refractivity contribution in [2.24, 2.45) is 11.8 Å². The van der Waals surface area contributed by atoms with Gasteiger partial charge in [-0.1, -0.05) is 13.8 Å². The first-order valence-electron chi connectivity index (χ1n) is 8.36. The minimum atomic E-state index is -1.82. The van der Waals surface area contributed by atoms with Crippen LogP contribution in [0, 0.1) is 11.8 Å². The summed E-state index contributed by atoms with van der Waals surface area (Å²) in [5, 5.41) is 14.8. The Morgan fingerprint density at radius 1 is 1.00 bits per heavy atom. The van der Waals surface area contributed by atoms with E-state index < -0.39 is 11.9 Å². The molecule has 138 valence electrons. The van der Waals surface area contributed by atoms with Crippen LogP contribution in [0.2, 0.25) is 0 Å². The van der Waals surface area contributed by atoms with Gasteiger partial charge in [0, 0.05) is 25.6 Å². The number of nitrogens with zero attached hydrogens (tertiary/aromatic N) is 2. The van der Waals surface area contributed by atoms with Crippen molar-refractivity contribution in [2.45, 2.75) is 26.7 Å². The lowest BCUT2D eigenvalue weighted by molar-refractivity contribution is -0.159. The fourth-order valence-electron chi connectivity index (χ4n) is 2.92. The second kappa shape index (κ2) is 10.2. The summed E-state index contributed by atoms with van der Waals surface area (Å²) < 4.78 is 5.30. The zero-order valence-electron chi connectivity index (χ0n) is 14.4. The first-order valence-corrected chi connectivity index (χ1v) is 8.36. The zero-order chi connectivity index (χ0) is 18.1. The van der Waals surface area contributed by atoms with Crippen LogP contribution >= 0.6 is 0 Å². The number of amides is 1. The van der Waals surface area contributed by atoms with Gasteiger partial charge in [-0.2, -0.15) is 0 Å². The number of morpholine rings is 1. The van der Waals surface area contributed by atoms with E-state index in [9.17, 15) is 4.79 Å². The van der Waals surface area contributed by atoms with Crippen LogP contribution in [0.5, 0.6) is 0 Å². The molecule has 0 bridgehead atoms. The summed E-state index contributed by atoms with van der Waals surface area (Å²) in [5.41, 5.74) is 0. The number of ether oxygens (including phenoxy) is 1. The standard InChI is InChI=1S/C14H26N2O2.C2H2O4/c1-12(2)11-15-5-3-13(4-6-15)14(17)16-7-9-18-10-8-16;3-1(4)2(5)6/h12-13H,3-11H2,1-2H3;(H,3,4)(H,5,6). The number of aliphatic carboxylic acids is 2. The van der Waals surface area contributed by atoms with Crippen molar-refractivity contribution in [3.8, 4) is 0 Å². The summed E-state index contributed by atoms with van der Waals surface area (Å²) >= 11 is 0. The Hall–Kier alpha value is -1.67. The Kier molecular flexibility index (Phi) is 8.70. The van der Waals surface area contributed by atoms with Crippen LogP contribution in [0.15, 0.2) is 0 Å². The smallest absolute Gasteiger partial charge is 0.414 e. The van der Waals surface area contributed by atoms with Gasteiger partial charge in [-0.15, -0.1) is 0 Å². The monoisotopic (exact) mass is 344 g/mol. The van der Waals surface area contributed by atoms with Gasteiger partial charge in [0.2, 0.25) is 5.91 Å². The molecule has 0 aromatic heterocycles. The van der Waals surface area contributed by atoms with Gasteiger partial charge in [0.15, 0.2) is 0 Å². The predicted octanol–water partition coefficient (Wildman–Crippen LogP) is 0.369. The van der Waals surface area contributed by atoms with E-state index in [2.05, 4.69) is 18.7 Å². The molecule has 0 aromatic carbocycles. The third-order valence-electron chi connectivity index (χ3n) is 4.07. The number of carbonyl (C=O) groups excluding carboxylic acids is 1. The summed E-state index contributed by atoms with van der Waals surface area (Å²) in [6, 6.07) is 0. The SMILES string of the molecule is CC(C)CN1CCC(C(=O)N2CCOCC2)CC1.O=C(O)C(=O)O. The molecule has 2 heterocycles. The zero-order valence-corrected chi connectivity index (χ0v) is 14.4. The predicted molar refractivity (Wildman–Crippen MR) is 86.7 cm³/mol. The van der Waals surface area contributed by atoms with E-state index in [0.717, 1.165) is 44.9 Å². The molecule has 0 saturated carbocycles. The van der Waals surface area contributed by atoms with E-state index in [4.69, 9.17) is 24.5 Å². The van der Waals surface area contributed by atoms with Gasteiger partial charge in [-0.3, -0.25) is 4.79 Å². The first kappa shape index (κ1) is 20.4. The van der Waals surface area contributed by atoms with Gasteiger partial charge in [0.25, 0.3) is 0 Å². The van der Waals surface area contributed by atoms with Gasteiger partial charge in [-0.25, -0.2) is 9.59 Å². The van der Waals surface area contributed by atoms with Crippen LogP contribution in [-0.4, -0.2) is 83.8 Å². The lowest BCUT2D eigenvalue weighted by Gasteiger charge is -2.36. The molecule has 1 amide bonds. The molecule has 0 radical (unpaired) electrons. The molecular formula is C16H28N2O6. The van der Waals surface area contributed by atoms with Crippen molar-refractivity contribution < 1.29 is 29.3 Å². The molecular weight excluding hydrogens is 316 g/mol. The largest absolute Gasteiger partial charge is 0.473 e. The Morgan fingerprint density at radius 3 is 1.92 bits per heavy atom. The number of rotatable bonds is 3. The van der Waals surface area contributed by atoms with Crippen molar-refractivity contribution in [1.82, 2.24) is 9.80 Å². The lowest BCUT2D eigenvalue weighted by atomic mass is 9.94. The summed E-state index contributed by atoms with van der Waals surface area (Å²) in [6.45, 7) is 10.8. The van der Waals surface area contributed by atoms with Crippen LogP contribution in [-0.2, 0) is 19.1 Å². The number of hydrogen-bond acceptors (Lipinski definition) is 5. The Balaban J connectivity index is 0.000000413. The van der Waals surface area contributed by atoms with Crippen LogP contribution in [0.25, 0.3) is 0 Å². The molecule has 2 aliphatic heterocycles. The highest BCUT2D eigenvalue weighted by Gasteiger charge is 2.29. The topological polar surface area (TPSA) is 107 Å². The van der Waals surface area contributed by atoms with E-state index in [-0.39, 0.29) is 5.92 Å². The minimum absolute atomic E-state index is 0.256. The number of carboxylic acid groups (broad SMARTS) is 2. The fraction of sp³-hybridized carbons (Fsp3) is 0.812. The maximum absolute atomic E-state index is 12.3. The molecule has 2 saturated heterocycles. The fourth-order valence-corrected chi connectivity index (χ4v) is 2.92. The first-order chi connectivity index (χ1) is 11.3. The van der Waals surface area contributed by atoms with Gasteiger partial charge in [0.05, 0.1) is 13.2 Å². The normalized spacial score (nSPS) is 19.5. The van der Waals surface area contributed by atoms with E-state index >= 15 is 0 Å². The molecule has 2 aliphatic rings. The van der Waals surface area contributed by atoms with Crippen LogP contribution in [0.3, 0.4) is 0 Å². The molecule has 8 nitrogen and oxygen atoms in total. The molecule has 2 rings (SSSR count). The molecule has 0 spiro atoms. The molecule has 0 unspecified atom stereocenters. The molecule has 0 aliphatic carbocycles. The van der Waals surface area contributed by atoms with E-state index in [1.807, 2.05) is 4.90 Å². The van der Waals surface area contributed by atoms with Crippen LogP contribution in [0.4, 0.5) is 0 Å². The van der Waals surface area contributed by atoms with E-state index in [1.165, 1.54) is 6.54 Å². The quantitative estimate of drug-likeness (QED) is 0.712. The summed E-state index contributed by atoms with van der Waals surface area (Å²) in [5.74, 6) is -2.31. The number of likely N-dealkylation sites (tertiary alicyclic amines) is 1. The van der Waals surface area contributed by atoms with Crippen LogP contribution in [0.1, 0.15) is 26.7 Å². The molecule has 2 N–H and O–H groups in total. The van der Waals surface area contributed by atoms with Crippen molar-refractivity contribution in [2.75, 3.05) is 45.9 Å². The average molecular weight is 344 g/mol. The van der Waals surface area contributed by atoms with Gasteiger partial charge in [-0.05, 0) is 31.8 Å². The van der Waals surface area contributed by atoms with Gasteiger partial charge in [0.1, 0.15) is 0 Å². The highest BCUT2D eigenvalue weighted by Crippen LogP contribution is 2.20. The molecule has 24 heavy (non-hydrogen) atoms. The number of carboxylic acids is 2. The Labute approximate surface area is 142 Å². The van der Waals surface area contributed by atoms with Crippen molar-refractivity contribution in [1.29, 1.82) is 0 Å². The minimum Gasteiger partial charge on any atom is -0.473 e. The van der Waals surface area contributed by atoms with E-state index in [1.54, 1.807) is 0 Å². The molecule has 0 aromatic rings. The van der Waals surface area contributed by atoms with Crippen LogP contribution < -0.4 is 0 Å². The number of piperidine rings is 1. The molecule has 2 fully saturated rings. The third-order valence-corrected chi connectivity index (χ3v) is 4.07. The summed E-state index contributed by atoms with van der Waals surface area (Å²) in [4.78, 5) is 35.0. The second-order valence-corrected chi connectivity index (χ2v) is 6.52. The van der Waals surface area contributed by atoms with Gasteiger partial charge < -0.3 is 24.7 Å². The highest BCUT2D eigenvalue weighted by atomic mass is 16.5. The number of hydrogen-bond donors (Lipinski definition) is 2. The summed E-state index contributed by atoms with van der Waals surface area (Å²) in [6.07, 6.45) is 2.06. The number of carbonyl (C=O) groups is 3. The Bertz CT molecular complexity index is 414. The Morgan fingerprint density at radius 2 is 1.50 bits per heavy atom. The summed E-state index contributed by atoms with van der Waals surface area (Å²) in [7, 11) is 0. The third kappa shape index (κ3) is 7.27. The van der Waals surface area contributed by atoms with Crippen molar-refractivity contribution in [3.05, 3.63) is 0 Å². The lowest BCUT2D eigenvalue weighted by Crippen LogP contribution is -2.47. The second-order valence-electron chi connectivity index (χ2n) is 6.52.